The molecule has 0 spiro atoms. The van der Waals surface area contributed by atoms with Gasteiger partial charge in [0.1, 0.15) is 0 Å². The predicted octanol–water partition coefficient (Wildman–Crippen LogP) is 3.64. The van der Waals surface area contributed by atoms with Gasteiger partial charge in [0.25, 0.3) is 5.91 Å². The molecule has 0 aliphatic rings. The molecule has 0 aliphatic heterocycles. The number of rotatable bonds is 6. The third kappa shape index (κ3) is 5.06. The van der Waals surface area contributed by atoms with Crippen molar-refractivity contribution >= 4 is 28.5 Å². The first-order valence-electron chi connectivity index (χ1n) is 6.06. The van der Waals surface area contributed by atoms with Crippen LogP contribution in [0.5, 0.6) is 0 Å². The molecule has 0 bridgehead atoms. The second kappa shape index (κ2) is 7.69. The third-order valence-electron chi connectivity index (χ3n) is 2.87. The van der Waals surface area contributed by atoms with Gasteiger partial charge in [0, 0.05) is 12.1 Å². The zero-order chi connectivity index (χ0) is 12.7. The second-order valence-electron chi connectivity index (χ2n) is 4.30. The Hall–Kier alpha value is -0.580. The molecule has 1 aromatic rings. The van der Waals surface area contributed by atoms with Crippen LogP contribution >= 0.6 is 22.6 Å². The van der Waals surface area contributed by atoms with Crippen molar-refractivity contribution in [3.63, 3.8) is 0 Å². The van der Waals surface area contributed by atoms with Crippen molar-refractivity contribution in [3.05, 3.63) is 34.9 Å². The number of aryl methyl sites for hydroxylation is 2. The number of alkyl halides is 1. The minimum Gasteiger partial charge on any atom is -0.352 e. The fourth-order valence-corrected chi connectivity index (χ4v) is 2.12. The maximum Gasteiger partial charge on any atom is 0.251 e. The van der Waals surface area contributed by atoms with Crippen LogP contribution in [0.15, 0.2) is 18.2 Å². The van der Waals surface area contributed by atoms with Crippen molar-refractivity contribution in [3.8, 4) is 0 Å². The minimum atomic E-state index is 0.0440. The molecular formula is C14H20INO. The molecule has 0 aromatic heterocycles. The van der Waals surface area contributed by atoms with Gasteiger partial charge in [0.15, 0.2) is 0 Å². The molecule has 0 heterocycles. The molecule has 0 radical (unpaired) electrons. The van der Waals surface area contributed by atoms with E-state index >= 15 is 0 Å². The monoisotopic (exact) mass is 345 g/mol. The number of benzene rings is 1. The van der Waals surface area contributed by atoms with Crippen molar-refractivity contribution in [1.82, 2.24) is 5.32 Å². The molecule has 3 heteroatoms. The molecule has 1 aromatic carbocycles. The van der Waals surface area contributed by atoms with E-state index < -0.39 is 0 Å². The average molecular weight is 345 g/mol. The van der Waals surface area contributed by atoms with E-state index in [0.29, 0.717) is 0 Å². The molecule has 0 fully saturated rings. The number of hydrogen-bond acceptors (Lipinski definition) is 1. The number of hydrogen-bond donors (Lipinski definition) is 1. The predicted molar refractivity (Wildman–Crippen MR) is 81.0 cm³/mol. The molecule has 1 N–H and O–H groups in total. The van der Waals surface area contributed by atoms with E-state index in [1.165, 1.54) is 28.4 Å². The molecule has 94 valence electrons. The van der Waals surface area contributed by atoms with Crippen LogP contribution in [0.4, 0.5) is 0 Å². The summed E-state index contributed by atoms with van der Waals surface area (Å²) in [6.45, 7) is 4.87. The van der Waals surface area contributed by atoms with E-state index in [-0.39, 0.29) is 5.91 Å². The molecule has 17 heavy (non-hydrogen) atoms. The normalized spacial score (nSPS) is 10.3. The summed E-state index contributed by atoms with van der Waals surface area (Å²) in [7, 11) is 0. The maximum atomic E-state index is 11.8. The van der Waals surface area contributed by atoms with Crippen LogP contribution in [0.1, 0.15) is 40.7 Å². The molecule has 1 amide bonds. The smallest absolute Gasteiger partial charge is 0.251 e. The van der Waals surface area contributed by atoms with Crippen LogP contribution in [-0.4, -0.2) is 16.9 Å². The van der Waals surface area contributed by atoms with Gasteiger partial charge < -0.3 is 5.32 Å². The minimum absolute atomic E-state index is 0.0440. The standard InChI is InChI=1S/C14H20INO/c1-11-6-7-13(10-12(11)2)14(17)16-9-5-3-4-8-15/h6-7,10H,3-5,8-9H2,1-2H3,(H,16,17). The summed E-state index contributed by atoms with van der Waals surface area (Å²) in [5, 5.41) is 2.96. The van der Waals surface area contributed by atoms with E-state index in [2.05, 4.69) is 34.8 Å². The Bertz CT molecular complexity index is 376. The Balaban J connectivity index is 2.39. The summed E-state index contributed by atoms with van der Waals surface area (Å²) < 4.78 is 1.20. The lowest BCUT2D eigenvalue weighted by Gasteiger charge is -2.07. The highest BCUT2D eigenvalue weighted by molar-refractivity contribution is 14.1. The van der Waals surface area contributed by atoms with Crippen molar-refractivity contribution in [2.24, 2.45) is 0 Å². The number of amides is 1. The van der Waals surface area contributed by atoms with Gasteiger partial charge in [0.2, 0.25) is 0 Å². The molecule has 0 atom stereocenters. The Labute approximate surface area is 117 Å². The fraction of sp³-hybridized carbons (Fsp3) is 0.500. The Morgan fingerprint density at radius 3 is 2.59 bits per heavy atom. The Morgan fingerprint density at radius 1 is 1.18 bits per heavy atom. The van der Waals surface area contributed by atoms with Gasteiger partial charge in [-0.25, -0.2) is 0 Å². The van der Waals surface area contributed by atoms with Gasteiger partial charge in [-0.3, -0.25) is 4.79 Å². The summed E-state index contributed by atoms with van der Waals surface area (Å²) in [5.41, 5.74) is 3.16. The number of halogens is 1. The SMILES string of the molecule is Cc1ccc(C(=O)NCCCCCI)cc1C. The van der Waals surface area contributed by atoms with Crippen molar-refractivity contribution in [2.75, 3.05) is 11.0 Å². The van der Waals surface area contributed by atoms with E-state index in [9.17, 15) is 4.79 Å². The van der Waals surface area contributed by atoms with Gasteiger partial charge >= 0.3 is 0 Å². The quantitative estimate of drug-likeness (QED) is 0.476. The third-order valence-corrected chi connectivity index (χ3v) is 3.63. The average Bonchev–Trinajstić information content (AvgIpc) is 2.32. The Kier molecular flexibility index (Phi) is 6.55. The van der Waals surface area contributed by atoms with Gasteiger partial charge in [-0.15, -0.1) is 0 Å². The summed E-state index contributed by atoms with van der Waals surface area (Å²) in [6.07, 6.45) is 3.50. The van der Waals surface area contributed by atoms with Crippen molar-refractivity contribution in [2.45, 2.75) is 33.1 Å². The van der Waals surface area contributed by atoms with Crippen LogP contribution in [0, 0.1) is 13.8 Å². The van der Waals surface area contributed by atoms with Gasteiger partial charge in [-0.2, -0.15) is 0 Å². The molecule has 0 saturated heterocycles. The number of nitrogens with one attached hydrogen (secondary N) is 1. The molecule has 1 rings (SSSR count). The summed E-state index contributed by atoms with van der Waals surface area (Å²) in [4.78, 5) is 11.8. The highest BCUT2D eigenvalue weighted by Gasteiger charge is 2.05. The first-order chi connectivity index (χ1) is 8.15. The summed E-state index contributed by atoms with van der Waals surface area (Å²) in [5.74, 6) is 0.0440. The number of carbonyl (C=O) groups excluding carboxylic acids is 1. The van der Waals surface area contributed by atoms with Crippen molar-refractivity contribution < 1.29 is 4.79 Å². The van der Waals surface area contributed by atoms with Gasteiger partial charge in [0.05, 0.1) is 0 Å². The van der Waals surface area contributed by atoms with Crippen molar-refractivity contribution in [1.29, 1.82) is 0 Å². The highest BCUT2D eigenvalue weighted by Crippen LogP contribution is 2.09. The molecule has 0 aliphatic carbocycles. The lowest BCUT2D eigenvalue weighted by molar-refractivity contribution is 0.0953. The largest absolute Gasteiger partial charge is 0.352 e. The van der Waals surface area contributed by atoms with Gasteiger partial charge in [-0.05, 0) is 54.4 Å². The first-order valence-corrected chi connectivity index (χ1v) is 7.59. The lowest BCUT2D eigenvalue weighted by Crippen LogP contribution is -2.24. The van der Waals surface area contributed by atoms with Crippen LogP contribution in [0.3, 0.4) is 0 Å². The topological polar surface area (TPSA) is 29.1 Å². The van der Waals surface area contributed by atoms with E-state index in [0.717, 1.165) is 18.5 Å². The molecular weight excluding hydrogens is 325 g/mol. The first kappa shape index (κ1) is 14.5. The fourth-order valence-electron chi connectivity index (χ4n) is 1.58. The highest BCUT2D eigenvalue weighted by atomic mass is 127. The van der Waals surface area contributed by atoms with E-state index in [4.69, 9.17) is 0 Å². The molecule has 0 saturated carbocycles. The number of unbranched alkanes of at least 4 members (excludes halogenated alkanes) is 2. The van der Waals surface area contributed by atoms with Gasteiger partial charge in [-0.1, -0.05) is 35.1 Å². The second-order valence-corrected chi connectivity index (χ2v) is 5.38. The summed E-state index contributed by atoms with van der Waals surface area (Å²) in [6, 6.07) is 5.85. The molecule has 0 unspecified atom stereocenters. The van der Waals surface area contributed by atoms with Crippen LogP contribution in [0.2, 0.25) is 0 Å². The van der Waals surface area contributed by atoms with Crippen LogP contribution in [0.25, 0.3) is 0 Å². The number of carbonyl (C=O) groups is 1. The maximum absolute atomic E-state index is 11.8. The summed E-state index contributed by atoms with van der Waals surface area (Å²) >= 11 is 2.38. The van der Waals surface area contributed by atoms with E-state index in [1.54, 1.807) is 0 Å². The van der Waals surface area contributed by atoms with Crippen LogP contribution < -0.4 is 5.32 Å². The zero-order valence-electron chi connectivity index (χ0n) is 10.6. The molecule has 2 nitrogen and oxygen atoms in total. The van der Waals surface area contributed by atoms with Crippen LogP contribution in [-0.2, 0) is 0 Å². The zero-order valence-corrected chi connectivity index (χ0v) is 12.7. The lowest BCUT2D eigenvalue weighted by atomic mass is 10.1. The van der Waals surface area contributed by atoms with E-state index in [1.807, 2.05) is 25.1 Å². The Morgan fingerprint density at radius 2 is 1.94 bits per heavy atom.